The van der Waals surface area contributed by atoms with Crippen molar-refractivity contribution in [2.75, 3.05) is 11.4 Å². The van der Waals surface area contributed by atoms with Gasteiger partial charge in [0.25, 0.3) is 5.91 Å². The van der Waals surface area contributed by atoms with E-state index in [-0.39, 0.29) is 24.4 Å². The molecule has 0 radical (unpaired) electrons. The first-order valence-electron chi connectivity index (χ1n) is 11.0. The van der Waals surface area contributed by atoms with Crippen LogP contribution in [0.25, 0.3) is 6.08 Å². The normalized spacial score (nSPS) is 22.2. The summed E-state index contributed by atoms with van der Waals surface area (Å²) < 4.78 is 38.5. The molecule has 2 amide bonds. The maximum absolute atomic E-state index is 13.3. The number of para-hydroxylation sites is 1. The molecule has 2 aromatic carbocycles. The quantitative estimate of drug-likeness (QED) is 0.563. The highest BCUT2D eigenvalue weighted by Gasteiger charge is 2.32. The molecular formula is C25H25F3N2O2S. The van der Waals surface area contributed by atoms with Gasteiger partial charge in [-0.25, -0.2) is 0 Å². The van der Waals surface area contributed by atoms with E-state index in [1.165, 1.54) is 28.8 Å². The molecule has 0 spiro atoms. The van der Waals surface area contributed by atoms with Gasteiger partial charge in [0, 0.05) is 10.9 Å². The van der Waals surface area contributed by atoms with Crippen molar-refractivity contribution in [2.24, 2.45) is 5.92 Å². The second-order valence-corrected chi connectivity index (χ2v) is 9.70. The Bertz CT molecular complexity index is 1060. The summed E-state index contributed by atoms with van der Waals surface area (Å²) in [7, 11) is 0. The van der Waals surface area contributed by atoms with Crippen LogP contribution in [0.2, 0.25) is 0 Å². The number of fused-ring (bicyclic) bond motifs is 1. The molecule has 0 saturated heterocycles. The van der Waals surface area contributed by atoms with Gasteiger partial charge in [-0.1, -0.05) is 43.0 Å². The Morgan fingerprint density at radius 1 is 1.09 bits per heavy atom. The predicted molar refractivity (Wildman–Crippen MR) is 124 cm³/mol. The Hall–Kier alpha value is -2.74. The van der Waals surface area contributed by atoms with Crippen molar-refractivity contribution in [1.29, 1.82) is 0 Å². The summed E-state index contributed by atoms with van der Waals surface area (Å²) in [5, 5.41) is 3.06. The number of nitrogens with zero attached hydrogens (tertiary/aromatic N) is 1. The van der Waals surface area contributed by atoms with Crippen LogP contribution in [0.15, 0.2) is 58.3 Å². The smallest absolute Gasteiger partial charge is 0.352 e. The van der Waals surface area contributed by atoms with Crippen molar-refractivity contribution in [1.82, 2.24) is 5.32 Å². The molecule has 2 aliphatic rings. The lowest BCUT2D eigenvalue weighted by Gasteiger charge is -2.31. The summed E-state index contributed by atoms with van der Waals surface area (Å²) in [6, 6.07) is 12.1. The Labute approximate surface area is 195 Å². The lowest BCUT2D eigenvalue weighted by atomic mass is 9.87. The number of hydrogen-bond donors (Lipinski definition) is 1. The van der Waals surface area contributed by atoms with Crippen molar-refractivity contribution >= 4 is 35.3 Å². The van der Waals surface area contributed by atoms with E-state index in [4.69, 9.17) is 0 Å². The fourth-order valence-corrected chi connectivity index (χ4v) is 5.22. The third-order valence-electron chi connectivity index (χ3n) is 6.05. The maximum atomic E-state index is 13.3. The van der Waals surface area contributed by atoms with Crippen LogP contribution in [0, 0.1) is 5.92 Å². The van der Waals surface area contributed by atoms with Crippen LogP contribution in [0.5, 0.6) is 0 Å². The third-order valence-corrected chi connectivity index (χ3v) is 7.13. The zero-order chi connectivity index (χ0) is 23.6. The average Bonchev–Trinajstić information content (AvgIpc) is 2.78. The first-order chi connectivity index (χ1) is 15.7. The van der Waals surface area contributed by atoms with Gasteiger partial charge < -0.3 is 5.32 Å². The van der Waals surface area contributed by atoms with Gasteiger partial charge in [-0.05, 0) is 67.5 Å². The zero-order valence-corrected chi connectivity index (χ0v) is 19.0. The molecule has 1 fully saturated rings. The SMILES string of the molecule is CC1CCC(NC(=O)CN2C(=O)/C(=C\c3ccc(C(F)(F)F)cc3)Sc3ccccc32)CC1. The monoisotopic (exact) mass is 474 g/mol. The maximum Gasteiger partial charge on any atom is 0.416 e. The van der Waals surface area contributed by atoms with Gasteiger partial charge in [-0.3, -0.25) is 14.5 Å². The molecule has 33 heavy (non-hydrogen) atoms. The van der Waals surface area contributed by atoms with Crippen LogP contribution in [-0.2, 0) is 15.8 Å². The van der Waals surface area contributed by atoms with Crippen molar-refractivity contribution in [3.05, 3.63) is 64.6 Å². The molecule has 0 atom stereocenters. The number of alkyl halides is 3. The Morgan fingerprint density at radius 3 is 2.42 bits per heavy atom. The third kappa shape index (κ3) is 5.61. The minimum atomic E-state index is -4.42. The summed E-state index contributed by atoms with van der Waals surface area (Å²) in [6.07, 6.45) is 1.18. The van der Waals surface area contributed by atoms with E-state index >= 15 is 0 Å². The second kappa shape index (κ2) is 9.63. The molecule has 1 saturated carbocycles. The van der Waals surface area contributed by atoms with E-state index in [9.17, 15) is 22.8 Å². The Kier molecular flexibility index (Phi) is 6.83. The van der Waals surface area contributed by atoms with Gasteiger partial charge in [-0.2, -0.15) is 13.2 Å². The number of rotatable bonds is 4. The van der Waals surface area contributed by atoms with Gasteiger partial charge in [0.2, 0.25) is 5.91 Å². The molecule has 0 aromatic heterocycles. The number of hydrogen-bond acceptors (Lipinski definition) is 3. The first kappa shape index (κ1) is 23.4. The number of thioether (sulfide) groups is 1. The van der Waals surface area contributed by atoms with Gasteiger partial charge in [0.1, 0.15) is 6.54 Å². The minimum Gasteiger partial charge on any atom is -0.352 e. The van der Waals surface area contributed by atoms with Gasteiger partial charge in [-0.15, -0.1) is 0 Å². The van der Waals surface area contributed by atoms with E-state index in [0.717, 1.165) is 42.7 Å². The molecule has 1 aliphatic heterocycles. The molecule has 4 nitrogen and oxygen atoms in total. The molecule has 1 heterocycles. The van der Waals surface area contributed by atoms with Crippen molar-refractivity contribution in [3.8, 4) is 0 Å². The number of carbonyl (C=O) groups is 2. The van der Waals surface area contributed by atoms with E-state index in [1.54, 1.807) is 12.1 Å². The van der Waals surface area contributed by atoms with Crippen LogP contribution in [-0.4, -0.2) is 24.4 Å². The second-order valence-electron chi connectivity index (χ2n) is 8.61. The van der Waals surface area contributed by atoms with Crippen molar-refractivity contribution in [2.45, 2.75) is 49.7 Å². The minimum absolute atomic E-state index is 0.104. The zero-order valence-electron chi connectivity index (χ0n) is 18.2. The molecular weight excluding hydrogens is 449 g/mol. The van der Waals surface area contributed by atoms with Gasteiger partial charge in [0.15, 0.2) is 0 Å². The van der Waals surface area contributed by atoms with Crippen LogP contribution in [0.3, 0.4) is 0 Å². The topological polar surface area (TPSA) is 49.4 Å². The largest absolute Gasteiger partial charge is 0.416 e. The fourth-order valence-electron chi connectivity index (χ4n) is 4.16. The van der Waals surface area contributed by atoms with Crippen molar-refractivity contribution in [3.63, 3.8) is 0 Å². The number of nitrogens with one attached hydrogen (secondary N) is 1. The van der Waals surface area contributed by atoms with E-state index in [1.807, 2.05) is 18.2 Å². The fraction of sp³-hybridized carbons (Fsp3) is 0.360. The summed E-state index contributed by atoms with van der Waals surface area (Å²) in [6.45, 7) is 2.11. The highest BCUT2D eigenvalue weighted by Crippen LogP contribution is 2.42. The van der Waals surface area contributed by atoms with Crippen LogP contribution in [0.4, 0.5) is 18.9 Å². The number of amides is 2. The number of anilines is 1. The van der Waals surface area contributed by atoms with Crippen LogP contribution in [0.1, 0.15) is 43.7 Å². The number of benzene rings is 2. The Balaban J connectivity index is 1.54. The van der Waals surface area contributed by atoms with Gasteiger partial charge in [0.05, 0.1) is 16.2 Å². The van der Waals surface area contributed by atoms with Crippen LogP contribution >= 0.6 is 11.8 Å². The molecule has 0 bridgehead atoms. The average molecular weight is 475 g/mol. The van der Waals surface area contributed by atoms with E-state index in [2.05, 4.69) is 12.2 Å². The lowest BCUT2D eigenvalue weighted by Crippen LogP contribution is -2.46. The molecule has 2 aromatic rings. The first-order valence-corrected chi connectivity index (χ1v) is 11.8. The number of halogens is 3. The summed E-state index contributed by atoms with van der Waals surface area (Å²) in [4.78, 5) is 28.7. The molecule has 1 N–H and O–H groups in total. The summed E-state index contributed by atoms with van der Waals surface area (Å²) in [5.74, 6) is 0.119. The van der Waals surface area contributed by atoms with E-state index < -0.39 is 11.7 Å². The number of carbonyl (C=O) groups excluding carboxylic acids is 2. The molecule has 0 unspecified atom stereocenters. The lowest BCUT2D eigenvalue weighted by molar-refractivity contribution is -0.137. The summed E-state index contributed by atoms with van der Waals surface area (Å²) in [5.41, 5.74) is 0.400. The molecule has 4 rings (SSSR count). The van der Waals surface area contributed by atoms with Gasteiger partial charge >= 0.3 is 6.18 Å². The molecule has 174 valence electrons. The van der Waals surface area contributed by atoms with E-state index in [0.29, 0.717) is 22.1 Å². The highest BCUT2D eigenvalue weighted by atomic mass is 32.2. The Morgan fingerprint density at radius 2 is 1.76 bits per heavy atom. The summed E-state index contributed by atoms with van der Waals surface area (Å²) >= 11 is 1.25. The molecule has 1 aliphatic carbocycles. The standard InChI is InChI=1S/C25H25F3N2O2S/c1-16-6-12-19(13-7-16)29-23(31)15-30-20-4-2-3-5-21(20)33-22(24(30)32)14-17-8-10-18(11-9-17)25(26,27)28/h2-5,8-11,14,16,19H,6-7,12-13,15H2,1H3,(H,29,31)/b22-14+. The molecule has 8 heteroatoms. The van der Waals surface area contributed by atoms with Crippen LogP contribution < -0.4 is 10.2 Å². The highest BCUT2D eigenvalue weighted by molar-refractivity contribution is 8.04. The predicted octanol–water partition coefficient (Wildman–Crippen LogP) is 5.88. The van der Waals surface area contributed by atoms with Crippen molar-refractivity contribution < 1.29 is 22.8 Å².